The molecule has 0 saturated heterocycles. The molecule has 1 saturated carbocycles. The van der Waals surface area contributed by atoms with Crippen LogP contribution in [-0.4, -0.2) is 35.8 Å². The van der Waals surface area contributed by atoms with E-state index in [2.05, 4.69) is 20.6 Å². The lowest BCUT2D eigenvalue weighted by molar-refractivity contribution is 0.122. The second kappa shape index (κ2) is 8.21. The molecule has 3 rings (SSSR count). The van der Waals surface area contributed by atoms with E-state index in [1.807, 2.05) is 19.1 Å². The molecular formula is C17H22N4O2S. The van der Waals surface area contributed by atoms with E-state index in [4.69, 9.17) is 4.74 Å². The van der Waals surface area contributed by atoms with Crippen LogP contribution in [-0.2, 0) is 4.74 Å². The molecule has 2 N–H and O–H groups in total. The Kier molecular flexibility index (Phi) is 5.77. The number of nitrogens with zero attached hydrogens (tertiary/aromatic N) is 2. The van der Waals surface area contributed by atoms with Gasteiger partial charge in [0.15, 0.2) is 5.13 Å². The standard InChI is InChI=1S/C17H22N4O2S/c1-12-15(14-5-8-18-9-6-14)24-17(20-12)21-16(22)19-7-2-10-23-11-13-3-4-13/h5-6,8-9,13H,2-4,7,10-11H2,1H3,(H2,19,20,21,22). The van der Waals surface area contributed by atoms with Crippen molar-refractivity contribution >= 4 is 22.5 Å². The van der Waals surface area contributed by atoms with Crippen LogP contribution in [0.25, 0.3) is 10.4 Å². The van der Waals surface area contributed by atoms with Gasteiger partial charge in [-0.15, -0.1) is 0 Å². The fourth-order valence-electron chi connectivity index (χ4n) is 2.27. The number of thiazole rings is 1. The molecule has 0 bridgehead atoms. The fourth-order valence-corrected chi connectivity index (χ4v) is 3.24. The quantitative estimate of drug-likeness (QED) is 0.718. The van der Waals surface area contributed by atoms with Crippen LogP contribution in [0, 0.1) is 12.8 Å². The monoisotopic (exact) mass is 346 g/mol. The summed E-state index contributed by atoms with van der Waals surface area (Å²) in [6, 6.07) is 3.64. The van der Waals surface area contributed by atoms with Crippen molar-refractivity contribution in [1.29, 1.82) is 0 Å². The first-order chi connectivity index (χ1) is 11.7. The first-order valence-corrected chi connectivity index (χ1v) is 9.04. The zero-order valence-electron chi connectivity index (χ0n) is 13.7. The van der Waals surface area contributed by atoms with E-state index in [9.17, 15) is 4.79 Å². The Morgan fingerprint density at radius 3 is 2.92 bits per heavy atom. The normalized spacial score (nSPS) is 13.7. The van der Waals surface area contributed by atoms with Gasteiger partial charge in [-0.2, -0.15) is 0 Å². The largest absolute Gasteiger partial charge is 0.381 e. The molecule has 2 aromatic rings. The minimum absolute atomic E-state index is 0.229. The van der Waals surface area contributed by atoms with Crippen LogP contribution in [0.5, 0.6) is 0 Å². The summed E-state index contributed by atoms with van der Waals surface area (Å²) in [4.78, 5) is 21.4. The summed E-state index contributed by atoms with van der Waals surface area (Å²) in [5, 5.41) is 6.22. The van der Waals surface area contributed by atoms with Crippen LogP contribution < -0.4 is 10.6 Å². The molecule has 2 aromatic heterocycles. The molecule has 1 aliphatic carbocycles. The maximum atomic E-state index is 11.9. The summed E-state index contributed by atoms with van der Waals surface area (Å²) in [7, 11) is 0. The Morgan fingerprint density at radius 1 is 1.38 bits per heavy atom. The molecule has 2 heterocycles. The molecule has 0 spiro atoms. The lowest BCUT2D eigenvalue weighted by Gasteiger charge is -2.06. The molecule has 0 aliphatic heterocycles. The van der Waals surface area contributed by atoms with Crippen molar-refractivity contribution in [2.75, 3.05) is 25.1 Å². The molecule has 24 heavy (non-hydrogen) atoms. The van der Waals surface area contributed by atoms with Crippen molar-refractivity contribution in [1.82, 2.24) is 15.3 Å². The Labute approximate surface area is 145 Å². The zero-order chi connectivity index (χ0) is 16.8. The number of ether oxygens (including phenoxy) is 1. The average Bonchev–Trinajstić information content (AvgIpc) is 3.34. The van der Waals surface area contributed by atoms with Gasteiger partial charge in [0.05, 0.1) is 10.6 Å². The van der Waals surface area contributed by atoms with E-state index in [-0.39, 0.29) is 6.03 Å². The van der Waals surface area contributed by atoms with Crippen LogP contribution in [0.4, 0.5) is 9.93 Å². The molecule has 1 fully saturated rings. The maximum Gasteiger partial charge on any atom is 0.321 e. The Bertz CT molecular complexity index is 670. The number of carbonyl (C=O) groups excluding carboxylic acids is 1. The summed E-state index contributed by atoms with van der Waals surface area (Å²) >= 11 is 1.46. The summed E-state index contributed by atoms with van der Waals surface area (Å²) in [6.07, 6.45) is 6.92. The number of carbonyl (C=O) groups is 1. The maximum absolute atomic E-state index is 11.9. The number of aryl methyl sites for hydroxylation is 1. The van der Waals surface area contributed by atoms with E-state index < -0.39 is 0 Å². The summed E-state index contributed by atoms with van der Waals surface area (Å²) in [5.41, 5.74) is 1.95. The number of amides is 2. The molecule has 0 radical (unpaired) electrons. The van der Waals surface area contributed by atoms with Gasteiger partial charge in [0, 0.05) is 32.2 Å². The van der Waals surface area contributed by atoms with Gasteiger partial charge >= 0.3 is 6.03 Å². The Balaban J connectivity index is 1.41. The molecule has 0 atom stereocenters. The number of hydrogen-bond acceptors (Lipinski definition) is 5. The number of hydrogen-bond donors (Lipinski definition) is 2. The van der Waals surface area contributed by atoms with Crippen molar-refractivity contribution in [2.45, 2.75) is 26.2 Å². The molecule has 0 unspecified atom stereocenters. The van der Waals surface area contributed by atoms with Gasteiger partial charge in [0.1, 0.15) is 0 Å². The van der Waals surface area contributed by atoms with Crippen molar-refractivity contribution in [3.63, 3.8) is 0 Å². The number of anilines is 1. The molecule has 2 amide bonds. The lowest BCUT2D eigenvalue weighted by atomic mass is 10.2. The Morgan fingerprint density at radius 2 is 2.17 bits per heavy atom. The van der Waals surface area contributed by atoms with Crippen LogP contribution in [0.1, 0.15) is 25.0 Å². The molecule has 6 nitrogen and oxygen atoms in total. The van der Waals surface area contributed by atoms with E-state index in [1.165, 1.54) is 24.2 Å². The average molecular weight is 346 g/mol. The van der Waals surface area contributed by atoms with Crippen LogP contribution in [0.15, 0.2) is 24.5 Å². The molecule has 1 aliphatic rings. The third-order valence-electron chi connectivity index (χ3n) is 3.76. The number of pyridine rings is 1. The van der Waals surface area contributed by atoms with Crippen molar-refractivity contribution < 1.29 is 9.53 Å². The molecule has 128 valence electrons. The van der Waals surface area contributed by atoms with Gasteiger partial charge in [0.2, 0.25) is 0 Å². The molecular weight excluding hydrogens is 324 g/mol. The third-order valence-corrected chi connectivity index (χ3v) is 4.88. The predicted molar refractivity (Wildman–Crippen MR) is 95.3 cm³/mol. The first kappa shape index (κ1) is 16.9. The van der Waals surface area contributed by atoms with Gasteiger partial charge in [-0.1, -0.05) is 11.3 Å². The van der Waals surface area contributed by atoms with Gasteiger partial charge in [-0.3, -0.25) is 10.3 Å². The summed E-state index contributed by atoms with van der Waals surface area (Å²) in [5.74, 6) is 0.781. The Hall–Kier alpha value is -1.99. The SMILES string of the molecule is Cc1nc(NC(=O)NCCCOCC2CC2)sc1-c1ccncc1. The highest BCUT2D eigenvalue weighted by Gasteiger charge is 2.20. The van der Waals surface area contributed by atoms with Crippen LogP contribution >= 0.6 is 11.3 Å². The second-order valence-corrected chi connectivity index (χ2v) is 6.92. The van der Waals surface area contributed by atoms with E-state index >= 15 is 0 Å². The number of aromatic nitrogens is 2. The number of urea groups is 1. The lowest BCUT2D eigenvalue weighted by Crippen LogP contribution is -2.30. The summed E-state index contributed by atoms with van der Waals surface area (Å²) < 4.78 is 5.54. The van der Waals surface area contributed by atoms with Gasteiger partial charge in [-0.05, 0) is 49.8 Å². The first-order valence-electron chi connectivity index (χ1n) is 8.23. The fraction of sp³-hybridized carbons (Fsp3) is 0.471. The number of nitrogens with one attached hydrogen (secondary N) is 2. The minimum atomic E-state index is -0.229. The molecule has 0 aromatic carbocycles. The minimum Gasteiger partial charge on any atom is -0.381 e. The van der Waals surface area contributed by atoms with Gasteiger partial charge in [-0.25, -0.2) is 9.78 Å². The van der Waals surface area contributed by atoms with Crippen molar-refractivity contribution in [3.8, 4) is 10.4 Å². The highest BCUT2D eigenvalue weighted by molar-refractivity contribution is 7.19. The van der Waals surface area contributed by atoms with E-state index in [0.29, 0.717) is 18.3 Å². The second-order valence-electron chi connectivity index (χ2n) is 5.92. The zero-order valence-corrected chi connectivity index (χ0v) is 14.6. The highest BCUT2D eigenvalue weighted by atomic mass is 32.1. The van der Waals surface area contributed by atoms with Crippen molar-refractivity contribution in [3.05, 3.63) is 30.2 Å². The number of rotatable bonds is 8. The van der Waals surface area contributed by atoms with Crippen LogP contribution in [0.2, 0.25) is 0 Å². The topological polar surface area (TPSA) is 76.1 Å². The summed E-state index contributed by atoms with van der Waals surface area (Å²) in [6.45, 7) is 4.09. The van der Waals surface area contributed by atoms with E-state index in [1.54, 1.807) is 12.4 Å². The third kappa shape index (κ3) is 5.01. The predicted octanol–water partition coefficient (Wildman–Crippen LogP) is 3.45. The molecule has 7 heteroatoms. The van der Waals surface area contributed by atoms with E-state index in [0.717, 1.165) is 35.1 Å². The van der Waals surface area contributed by atoms with Gasteiger partial charge < -0.3 is 10.1 Å². The highest BCUT2D eigenvalue weighted by Crippen LogP contribution is 2.32. The van der Waals surface area contributed by atoms with Crippen molar-refractivity contribution in [2.24, 2.45) is 5.92 Å². The van der Waals surface area contributed by atoms with Crippen LogP contribution in [0.3, 0.4) is 0 Å². The van der Waals surface area contributed by atoms with Gasteiger partial charge in [0.25, 0.3) is 0 Å². The smallest absolute Gasteiger partial charge is 0.321 e.